The highest BCUT2D eigenvalue weighted by Gasteiger charge is 2.44. The number of hydrogen-bond donors (Lipinski definition) is 7. The predicted octanol–water partition coefficient (Wildman–Crippen LogP) is 5.10. The van der Waals surface area contributed by atoms with Gasteiger partial charge in [-0.2, -0.15) is 0 Å². The van der Waals surface area contributed by atoms with Crippen LogP contribution in [0.1, 0.15) is 67.2 Å². The minimum absolute atomic E-state index is 0.0217. The van der Waals surface area contributed by atoms with Gasteiger partial charge in [-0.05, 0) is 122 Å². The number of thiazole rings is 1. The number of piperidine rings is 1. The Bertz CT molecular complexity index is 2800. The first-order valence-electron chi connectivity index (χ1n) is 25.7. The minimum atomic E-state index is -0.883. The third-order valence-electron chi connectivity index (χ3n) is 14.2. The van der Waals surface area contributed by atoms with Crippen LogP contribution in [0, 0.1) is 18.3 Å². The largest absolute Gasteiger partial charge is 0.391 e. The summed E-state index contributed by atoms with van der Waals surface area (Å²) in [6.45, 7) is 14.4. The molecule has 0 spiro atoms. The van der Waals surface area contributed by atoms with E-state index < -0.39 is 23.6 Å². The van der Waals surface area contributed by atoms with Gasteiger partial charge in [0.1, 0.15) is 12.1 Å². The first kappa shape index (κ1) is 54.1. The highest BCUT2D eigenvalue weighted by molar-refractivity contribution is 7.13. The molecule has 19 heteroatoms. The Morgan fingerprint density at radius 1 is 0.787 bits per heavy atom. The fraction of sp³-hybridized carbons (Fsp3) is 0.411. The van der Waals surface area contributed by atoms with E-state index in [0.29, 0.717) is 22.9 Å². The number of nitrogens with zero attached hydrogens (tertiary/aromatic N) is 6. The average molecular weight is 1040 g/mol. The van der Waals surface area contributed by atoms with Crippen molar-refractivity contribution in [3.8, 4) is 10.4 Å². The number of guanidine groups is 1. The lowest BCUT2D eigenvalue weighted by Crippen LogP contribution is -2.59. The molecule has 4 heterocycles. The fourth-order valence-electron chi connectivity index (χ4n) is 9.96. The number of carbonyl (C=O) groups is 5. The second kappa shape index (κ2) is 24.4. The number of carbonyl (C=O) groups excluding carboxylic acids is 5. The number of hydrogen-bond acceptors (Lipinski definition) is 12. The molecule has 0 radical (unpaired) electrons. The number of aliphatic hydroxyl groups excluding tert-OH is 1. The number of β-amino-alcohol motifs (C(OH)–C–C–N with tert-alkyl or cyclic N) is 1. The Morgan fingerprint density at radius 2 is 1.43 bits per heavy atom. The van der Waals surface area contributed by atoms with Crippen LogP contribution < -0.4 is 37.6 Å². The number of aliphatic imine (C=N–C) groups is 1. The number of rotatable bonds is 17. The lowest BCUT2D eigenvalue weighted by Gasteiger charge is -2.40. The molecule has 9 N–H and O–H groups in total. The average Bonchev–Trinajstić information content (AvgIpc) is 4.01. The number of piperazine rings is 1. The van der Waals surface area contributed by atoms with Gasteiger partial charge in [-0.25, -0.2) is 9.98 Å². The predicted molar refractivity (Wildman–Crippen MR) is 295 cm³/mol. The Hall–Kier alpha value is -7.19. The molecule has 4 aromatic carbocycles. The van der Waals surface area contributed by atoms with Crippen molar-refractivity contribution in [2.75, 3.05) is 74.4 Å². The van der Waals surface area contributed by atoms with Crippen molar-refractivity contribution in [3.05, 3.63) is 125 Å². The number of nitrogens with two attached hydrogens (primary N) is 2. The molecule has 3 fully saturated rings. The van der Waals surface area contributed by atoms with E-state index in [1.54, 1.807) is 47.7 Å². The van der Waals surface area contributed by atoms with E-state index in [9.17, 15) is 29.1 Å². The normalized spacial score (nSPS) is 18.0. The Kier molecular flexibility index (Phi) is 17.6. The molecule has 396 valence electrons. The summed E-state index contributed by atoms with van der Waals surface area (Å²) in [5.74, 6) is -0.898. The van der Waals surface area contributed by atoms with Crippen LogP contribution in [0.4, 0.5) is 22.7 Å². The van der Waals surface area contributed by atoms with Gasteiger partial charge in [0.25, 0.3) is 5.91 Å². The van der Waals surface area contributed by atoms with Gasteiger partial charge < -0.3 is 47.6 Å². The van der Waals surface area contributed by atoms with Gasteiger partial charge in [-0.3, -0.25) is 33.8 Å². The summed E-state index contributed by atoms with van der Waals surface area (Å²) in [7, 11) is 0. The van der Waals surface area contributed by atoms with Gasteiger partial charge >= 0.3 is 0 Å². The smallest absolute Gasteiger partial charge is 0.255 e. The van der Waals surface area contributed by atoms with E-state index in [-0.39, 0.29) is 68.0 Å². The van der Waals surface area contributed by atoms with Crippen molar-refractivity contribution >= 4 is 69.6 Å². The molecule has 5 aromatic rings. The Labute approximate surface area is 443 Å². The molecule has 18 nitrogen and oxygen atoms in total. The molecule has 0 saturated carbocycles. The highest BCUT2D eigenvalue weighted by atomic mass is 32.1. The second-order valence-electron chi connectivity index (χ2n) is 21.0. The van der Waals surface area contributed by atoms with E-state index in [4.69, 9.17) is 11.5 Å². The number of amides is 5. The van der Waals surface area contributed by atoms with Crippen molar-refractivity contribution in [1.82, 2.24) is 30.3 Å². The monoisotopic (exact) mass is 1040 g/mol. The SMILES string of the molecule is Cc1ncsc1-c1ccc(CNC(=O)[C@@H]2C[C@@H](O)CN2C(=O)[C@@H](NC(=O)CN2CCC(CN3CCN(c4ccc(NC(=O)Cc5ccc(NC(=O)c6ccc(N=C(N)N)cc6)cc5)cc4)CC3)CC2)C(C)(C)C)cc1. The van der Waals surface area contributed by atoms with Crippen LogP contribution in [0.5, 0.6) is 0 Å². The molecule has 5 amide bonds. The third kappa shape index (κ3) is 14.8. The summed E-state index contributed by atoms with van der Waals surface area (Å²) in [5.41, 5.74) is 19.2. The summed E-state index contributed by atoms with van der Waals surface area (Å²) in [6, 6.07) is 27.9. The van der Waals surface area contributed by atoms with Gasteiger partial charge in [0.05, 0.1) is 40.8 Å². The van der Waals surface area contributed by atoms with E-state index in [1.165, 1.54) is 4.90 Å². The maximum Gasteiger partial charge on any atom is 0.255 e. The molecular formula is C56H70N12O6S. The molecule has 0 aliphatic carbocycles. The molecule has 75 heavy (non-hydrogen) atoms. The summed E-state index contributed by atoms with van der Waals surface area (Å²) in [6.07, 6.45) is 1.42. The fourth-order valence-corrected chi connectivity index (χ4v) is 10.8. The van der Waals surface area contributed by atoms with Crippen LogP contribution in [0.15, 0.2) is 108 Å². The summed E-state index contributed by atoms with van der Waals surface area (Å²) >= 11 is 1.58. The molecule has 3 aliphatic heterocycles. The topological polar surface area (TPSA) is 244 Å². The summed E-state index contributed by atoms with van der Waals surface area (Å²) in [5, 5.41) is 22.5. The molecule has 3 saturated heterocycles. The number of aryl methyl sites for hydroxylation is 1. The van der Waals surface area contributed by atoms with Crippen molar-refractivity contribution < 1.29 is 29.1 Å². The van der Waals surface area contributed by atoms with Gasteiger partial charge in [-0.15, -0.1) is 11.3 Å². The van der Waals surface area contributed by atoms with Crippen LogP contribution in [0.3, 0.4) is 0 Å². The van der Waals surface area contributed by atoms with Crippen LogP contribution >= 0.6 is 11.3 Å². The van der Waals surface area contributed by atoms with E-state index >= 15 is 0 Å². The zero-order valence-corrected chi connectivity index (χ0v) is 44.1. The molecule has 0 bridgehead atoms. The Balaban J connectivity index is 0.724. The van der Waals surface area contributed by atoms with E-state index in [2.05, 4.69) is 45.9 Å². The molecule has 8 rings (SSSR count). The number of aliphatic hydroxyl groups is 1. The highest BCUT2D eigenvalue weighted by Crippen LogP contribution is 2.29. The maximum atomic E-state index is 14.2. The number of anilines is 3. The van der Waals surface area contributed by atoms with Crippen LogP contribution in [-0.4, -0.2) is 137 Å². The van der Waals surface area contributed by atoms with E-state index in [0.717, 1.165) is 97.3 Å². The Morgan fingerprint density at radius 3 is 2.05 bits per heavy atom. The maximum absolute atomic E-state index is 14.2. The number of benzene rings is 4. The second-order valence-corrected chi connectivity index (χ2v) is 21.8. The van der Waals surface area contributed by atoms with Crippen molar-refractivity contribution in [2.24, 2.45) is 27.8 Å². The summed E-state index contributed by atoms with van der Waals surface area (Å²) in [4.78, 5) is 84.9. The molecule has 3 aliphatic rings. The lowest BCUT2D eigenvalue weighted by molar-refractivity contribution is -0.144. The van der Waals surface area contributed by atoms with Crippen molar-refractivity contribution in [3.63, 3.8) is 0 Å². The van der Waals surface area contributed by atoms with E-state index in [1.807, 2.05) is 93.9 Å². The van der Waals surface area contributed by atoms with Gasteiger partial charge in [0.2, 0.25) is 23.6 Å². The molecule has 3 atom stereocenters. The summed E-state index contributed by atoms with van der Waals surface area (Å²) < 4.78 is 0. The first-order chi connectivity index (χ1) is 35.9. The number of nitrogens with one attached hydrogen (secondary N) is 4. The number of aromatic nitrogens is 1. The number of likely N-dealkylation sites (tertiary alicyclic amines) is 2. The van der Waals surface area contributed by atoms with Gasteiger partial charge in [0, 0.05) is 74.9 Å². The zero-order chi connectivity index (χ0) is 53.2. The molecule has 0 unspecified atom stereocenters. The first-order valence-corrected chi connectivity index (χ1v) is 26.6. The van der Waals surface area contributed by atoms with Crippen molar-refractivity contribution in [2.45, 2.75) is 78.1 Å². The molecular weight excluding hydrogens is 969 g/mol. The van der Waals surface area contributed by atoms with Crippen molar-refractivity contribution in [1.29, 1.82) is 0 Å². The van der Waals surface area contributed by atoms with Gasteiger partial charge in [-0.1, -0.05) is 57.2 Å². The third-order valence-corrected chi connectivity index (χ3v) is 15.1. The minimum Gasteiger partial charge on any atom is -0.391 e. The quantitative estimate of drug-likeness (QED) is 0.0476. The lowest BCUT2D eigenvalue weighted by atomic mass is 9.85. The standard InChI is InChI=1S/C56H70N12O6S/c1-36-50(75-35-60-36)40-9-5-38(6-10-40)31-59-53(73)47-30-46(69)33-68(47)54(74)51(56(2,3)4)64-49(71)34-65-23-21-39(22-24-65)32-66-25-27-67(28-26-66)45-19-17-42(18-20-45)61-48(70)29-37-7-13-43(14-8-37)62-52(72)41-11-15-44(16-12-41)63-55(57)58/h5-20,35,39,46-47,51,69H,21-34H2,1-4H3,(H,59,73)(H,61,70)(H,62,72)(H,64,71)(H4,57,58,63)/t46-,47+,51-/m1/s1. The van der Waals surface area contributed by atoms with Gasteiger partial charge in [0.15, 0.2) is 5.96 Å². The molecule has 1 aromatic heterocycles. The van der Waals surface area contributed by atoms with Crippen LogP contribution in [0.25, 0.3) is 10.4 Å². The van der Waals surface area contributed by atoms with Crippen LogP contribution in [0.2, 0.25) is 0 Å². The zero-order valence-electron chi connectivity index (χ0n) is 43.3. The van der Waals surface area contributed by atoms with Crippen LogP contribution in [-0.2, 0) is 32.1 Å².